The van der Waals surface area contributed by atoms with E-state index < -0.39 is 4.92 Å². The molecule has 0 atom stereocenters. The Bertz CT molecular complexity index is 1280. The van der Waals surface area contributed by atoms with Crippen LogP contribution in [0.3, 0.4) is 0 Å². The van der Waals surface area contributed by atoms with E-state index in [1.807, 2.05) is 18.2 Å². The fraction of sp³-hybridized carbons (Fsp3) is 0.0556. The maximum Gasteiger partial charge on any atom is 0.291 e. The van der Waals surface area contributed by atoms with Gasteiger partial charge < -0.3 is 4.74 Å². The fourth-order valence-electron chi connectivity index (χ4n) is 2.69. The summed E-state index contributed by atoms with van der Waals surface area (Å²) < 4.78 is 6.83. The molecule has 0 spiro atoms. The highest BCUT2D eigenvalue weighted by atomic mass is 32.1. The third kappa shape index (κ3) is 2.93. The van der Waals surface area contributed by atoms with Crippen LogP contribution in [-0.2, 0) is 0 Å². The molecule has 0 amide bonds. The van der Waals surface area contributed by atoms with E-state index in [9.17, 15) is 14.9 Å². The molecule has 9 heteroatoms. The molecule has 0 aliphatic heterocycles. The van der Waals surface area contributed by atoms with Crippen LogP contribution in [-0.4, -0.2) is 26.6 Å². The number of fused-ring (bicyclic) bond motifs is 1. The summed E-state index contributed by atoms with van der Waals surface area (Å²) in [6, 6.07) is 13.5. The monoisotopic (exact) mass is 380 g/mol. The first-order chi connectivity index (χ1) is 13.1. The quantitative estimate of drug-likeness (QED) is 0.398. The second-order valence-electron chi connectivity index (χ2n) is 5.56. The summed E-state index contributed by atoms with van der Waals surface area (Å²) in [7, 11) is 1.55. The molecule has 0 radical (unpaired) electrons. The number of benzene rings is 2. The molecule has 0 unspecified atom stereocenters. The van der Waals surface area contributed by atoms with Gasteiger partial charge in [-0.15, -0.1) is 5.10 Å². The van der Waals surface area contributed by atoms with Crippen LogP contribution in [0.4, 0.5) is 5.69 Å². The second-order valence-corrected chi connectivity index (χ2v) is 6.57. The van der Waals surface area contributed by atoms with Gasteiger partial charge >= 0.3 is 0 Å². The average Bonchev–Trinajstić information content (AvgIpc) is 3.22. The van der Waals surface area contributed by atoms with Gasteiger partial charge in [0.2, 0.25) is 4.96 Å². The molecule has 0 aliphatic carbocycles. The number of hydrogen-bond donors (Lipinski definition) is 0. The van der Waals surface area contributed by atoms with Gasteiger partial charge in [0.25, 0.3) is 11.2 Å². The van der Waals surface area contributed by atoms with Crippen LogP contribution >= 0.6 is 11.3 Å². The number of hydrogen-bond acceptors (Lipinski definition) is 7. The predicted octanol–water partition coefficient (Wildman–Crippen LogP) is 2.28. The van der Waals surface area contributed by atoms with Crippen molar-refractivity contribution in [1.29, 1.82) is 0 Å². The maximum atomic E-state index is 12.7. The SMILES string of the molecule is COc1ccccc1-c1nc2s/c(=C\c3ccccc3[N+](=O)[O-])c(=O)n2n1. The lowest BCUT2D eigenvalue weighted by atomic mass is 10.2. The minimum absolute atomic E-state index is 0.0642. The summed E-state index contributed by atoms with van der Waals surface area (Å²) in [4.78, 5) is 28.1. The lowest BCUT2D eigenvalue weighted by Gasteiger charge is -2.03. The number of thiazole rings is 1. The van der Waals surface area contributed by atoms with Crippen molar-refractivity contribution in [2.75, 3.05) is 7.11 Å². The van der Waals surface area contributed by atoms with Crippen molar-refractivity contribution in [1.82, 2.24) is 14.6 Å². The minimum atomic E-state index is -0.479. The Kier molecular flexibility index (Phi) is 4.13. The normalized spacial score (nSPS) is 11.8. The Morgan fingerprint density at radius 2 is 1.93 bits per heavy atom. The highest BCUT2D eigenvalue weighted by Gasteiger charge is 2.16. The van der Waals surface area contributed by atoms with Gasteiger partial charge in [-0.1, -0.05) is 35.6 Å². The third-order valence-electron chi connectivity index (χ3n) is 3.95. The fourth-order valence-corrected chi connectivity index (χ4v) is 3.59. The number of nitro benzene ring substituents is 1. The summed E-state index contributed by atoms with van der Waals surface area (Å²) in [5.74, 6) is 0.989. The standard InChI is InChI=1S/C18H12N4O4S/c1-26-14-9-5-3-7-12(14)16-19-18-21(20-16)17(23)15(27-18)10-11-6-2-4-8-13(11)22(24)25/h2-10H,1H3/b15-10-. The van der Waals surface area contributed by atoms with E-state index in [-0.39, 0.29) is 11.2 Å². The number of aromatic nitrogens is 3. The smallest absolute Gasteiger partial charge is 0.291 e. The van der Waals surface area contributed by atoms with Gasteiger partial charge in [0.05, 0.1) is 27.7 Å². The molecule has 2 heterocycles. The second kappa shape index (κ2) is 6.61. The van der Waals surface area contributed by atoms with Gasteiger partial charge in [-0.2, -0.15) is 9.50 Å². The van der Waals surface area contributed by atoms with E-state index in [4.69, 9.17) is 4.74 Å². The van der Waals surface area contributed by atoms with Crippen molar-refractivity contribution >= 4 is 28.1 Å². The number of nitro groups is 1. The Labute approximate surface area is 156 Å². The molecule has 0 fully saturated rings. The Morgan fingerprint density at radius 3 is 2.67 bits per heavy atom. The van der Waals surface area contributed by atoms with Crippen LogP contribution in [0.25, 0.3) is 22.4 Å². The first-order valence-corrected chi connectivity index (χ1v) is 8.68. The molecule has 134 valence electrons. The van der Waals surface area contributed by atoms with E-state index in [1.54, 1.807) is 31.4 Å². The van der Waals surface area contributed by atoms with Gasteiger partial charge in [-0.3, -0.25) is 14.9 Å². The lowest BCUT2D eigenvalue weighted by Crippen LogP contribution is -2.23. The number of para-hydroxylation sites is 2. The van der Waals surface area contributed by atoms with Crippen molar-refractivity contribution < 1.29 is 9.66 Å². The molecule has 0 N–H and O–H groups in total. The Hall–Kier alpha value is -3.59. The molecule has 0 saturated heterocycles. The molecular weight excluding hydrogens is 368 g/mol. The topological polar surface area (TPSA) is 99.6 Å². The van der Waals surface area contributed by atoms with Gasteiger partial charge in [-0.05, 0) is 24.3 Å². The summed E-state index contributed by atoms with van der Waals surface area (Å²) >= 11 is 1.13. The van der Waals surface area contributed by atoms with Crippen LogP contribution < -0.4 is 14.8 Å². The van der Waals surface area contributed by atoms with E-state index in [2.05, 4.69) is 10.1 Å². The number of rotatable bonds is 4. The molecule has 0 saturated carbocycles. The van der Waals surface area contributed by atoms with Gasteiger partial charge in [0.15, 0.2) is 5.82 Å². The molecule has 2 aromatic heterocycles. The van der Waals surface area contributed by atoms with Crippen LogP contribution in [0, 0.1) is 10.1 Å². The lowest BCUT2D eigenvalue weighted by molar-refractivity contribution is -0.385. The summed E-state index contributed by atoms with van der Waals surface area (Å²) in [6.45, 7) is 0. The summed E-state index contributed by atoms with van der Waals surface area (Å²) in [6.07, 6.45) is 1.49. The molecular formula is C18H12N4O4S. The van der Waals surface area contributed by atoms with Crippen molar-refractivity contribution in [2.45, 2.75) is 0 Å². The van der Waals surface area contributed by atoms with Gasteiger partial charge in [0.1, 0.15) is 5.75 Å². The number of ether oxygens (including phenoxy) is 1. The van der Waals surface area contributed by atoms with E-state index in [0.717, 1.165) is 11.3 Å². The van der Waals surface area contributed by atoms with Crippen molar-refractivity contribution in [3.63, 3.8) is 0 Å². The zero-order valence-corrected chi connectivity index (χ0v) is 14.8. The molecule has 4 rings (SSSR count). The largest absolute Gasteiger partial charge is 0.496 e. The summed E-state index contributed by atoms with van der Waals surface area (Å²) in [5, 5.41) is 15.4. The maximum absolute atomic E-state index is 12.7. The van der Waals surface area contributed by atoms with Crippen molar-refractivity contribution in [3.8, 4) is 17.1 Å². The van der Waals surface area contributed by atoms with Crippen molar-refractivity contribution in [2.24, 2.45) is 0 Å². The van der Waals surface area contributed by atoms with E-state index in [1.165, 1.54) is 16.7 Å². The molecule has 8 nitrogen and oxygen atoms in total. The van der Waals surface area contributed by atoms with E-state index >= 15 is 0 Å². The predicted molar refractivity (Wildman–Crippen MR) is 101 cm³/mol. The van der Waals surface area contributed by atoms with E-state index in [0.29, 0.717) is 32.2 Å². The van der Waals surface area contributed by atoms with Gasteiger partial charge in [0, 0.05) is 6.07 Å². The zero-order valence-electron chi connectivity index (χ0n) is 14.0. The van der Waals surface area contributed by atoms with Crippen molar-refractivity contribution in [3.05, 3.63) is 79.1 Å². The highest BCUT2D eigenvalue weighted by molar-refractivity contribution is 7.15. The number of methoxy groups -OCH3 is 1. The molecule has 0 bridgehead atoms. The first kappa shape index (κ1) is 16.9. The first-order valence-electron chi connectivity index (χ1n) is 7.86. The van der Waals surface area contributed by atoms with Gasteiger partial charge in [-0.25, -0.2) is 0 Å². The summed E-state index contributed by atoms with van der Waals surface area (Å²) in [5.41, 5.74) is 0.598. The Balaban J connectivity index is 1.85. The minimum Gasteiger partial charge on any atom is -0.496 e. The zero-order chi connectivity index (χ0) is 19.0. The van der Waals surface area contributed by atoms with Crippen LogP contribution in [0.5, 0.6) is 5.75 Å². The molecule has 27 heavy (non-hydrogen) atoms. The third-order valence-corrected chi connectivity index (χ3v) is 4.91. The Morgan fingerprint density at radius 1 is 1.19 bits per heavy atom. The highest BCUT2D eigenvalue weighted by Crippen LogP contribution is 2.27. The van der Waals surface area contributed by atoms with Crippen LogP contribution in [0.15, 0.2) is 53.3 Å². The van der Waals surface area contributed by atoms with Crippen LogP contribution in [0.2, 0.25) is 0 Å². The molecule has 0 aliphatic rings. The van der Waals surface area contributed by atoms with Crippen LogP contribution in [0.1, 0.15) is 5.56 Å². The molecule has 4 aromatic rings. The average molecular weight is 380 g/mol. The molecule has 2 aromatic carbocycles. The number of nitrogens with zero attached hydrogens (tertiary/aromatic N) is 4.